The molecule has 2 atom stereocenters. The van der Waals surface area contributed by atoms with Gasteiger partial charge < -0.3 is 24.4 Å². The first-order chi connectivity index (χ1) is 12.2. The Bertz CT molecular complexity index is 714. The Morgan fingerprint density at radius 2 is 1.88 bits per heavy atom. The summed E-state index contributed by atoms with van der Waals surface area (Å²) in [6.07, 6.45) is -3.16. The number of carboxylic acids is 1. The van der Waals surface area contributed by atoms with Crippen LogP contribution in [0.5, 0.6) is 0 Å². The van der Waals surface area contributed by atoms with Crippen molar-refractivity contribution >= 4 is 29.4 Å². The van der Waals surface area contributed by atoms with Gasteiger partial charge in [-0.1, -0.05) is 0 Å². The summed E-state index contributed by atoms with van der Waals surface area (Å²) in [5.41, 5.74) is 0.949. The highest BCUT2D eigenvalue weighted by atomic mass is 16.6. The van der Waals surface area contributed by atoms with E-state index in [2.05, 4.69) is 0 Å². The Kier molecular flexibility index (Phi) is 5.93. The van der Waals surface area contributed by atoms with E-state index in [0.717, 1.165) is 6.92 Å². The van der Waals surface area contributed by atoms with Gasteiger partial charge >= 0.3 is 11.9 Å². The maximum absolute atomic E-state index is 12.7. The molecule has 0 bridgehead atoms. The van der Waals surface area contributed by atoms with Gasteiger partial charge in [0.1, 0.15) is 0 Å². The lowest BCUT2D eigenvalue weighted by Gasteiger charge is -2.34. The number of morpholine rings is 1. The topological polar surface area (TPSA) is 113 Å². The fourth-order valence-electron chi connectivity index (χ4n) is 2.54. The lowest BCUT2D eigenvalue weighted by Crippen LogP contribution is -2.55. The van der Waals surface area contributed by atoms with E-state index in [4.69, 9.17) is 9.47 Å². The van der Waals surface area contributed by atoms with Crippen molar-refractivity contribution in [1.29, 1.82) is 0 Å². The number of carbonyl (C=O) groups excluding carboxylic acids is 3. The quantitative estimate of drug-likeness (QED) is 0.739. The molecule has 26 heavy (non-hydrogen) atoms. The molecule has 1 aromatic rings. The fraction of sp³-hybridized carbons (Fsp3) is 0.412. The SMILES string of the molecule is CC(=O)O[C@@H](C(=O)O)[C@H]1OCCN(c2ccc(C(=O)N(C)C)cc2)C1=O. The number of ether oxygens (including phenoxy) is 2. The molecule has 2 rings (SSSR count). The molecule has 9 heteroatoms. The molecule has 0 unspecified atom stereocenters. The third-order valence-corrected chi connectivity index (χ3v) is 3.77. The Balaban J connectivity index is 2.22. The number of carboxylic acid groups (broad SMARTS) is 1. The van der Waals surface area contributed by atoms with Crippen LogP contribution in [-0.2, 0) is 23.9 Å². The summed E-state index contributed by atoms with van der Waals surface area (Å²) >= 11 is 0. The monoisotopic (exact) mass is 364 g/mol. The zero-order valence-electron chi connectivity index (χ0n) is 14.7. The molecule has 1 aromatic carbocycles. The van der Waals surface area contributed by atoms with Crippen molar-refractivity contribution < 1.29 is 33.8 Å². The normalized spacial score (nSPS) is 18.2. The van der Waals surface area contributed by atoms with Crippen molar-refractivity contribution in [2.24, 2.45) is 0 Å². The number of benzene rings is 1. The van der Waals surface area contributed by atoms with Crippen molar-refractivity contribution in [1.82, 2.24) is 4.90 Å². The molecule has 2 amide bonds. The van der Waals surface area contributed by atoms with Gasteiger partial charge in [-0.05, 0) is 24.3 Å². The molecule has 1 aliphatic heterocycles. The van der Waals surface area contributed by atoms with Gasteiger partial charge in [-0.3, -0.25) is 14.4 Å². The third-order valence-electron chi connectivity index (χ3n) is 3.77. The van der Waals surface area contributed by atoms with E-state index < -0.39 is 30.1 Å². The number of esters is 1. The predicted octanol–water partition coefficient (Wildman–Crippen LogP) is 0.137. The van der Waals surface area contributed by atoms with E-state index in [1.807, 2.05) is 0 Å². The Morgan fingerprint density at radius 3 is 2.38 bits per heavy atom. The number of hydrogen-bond donors (Lipinski definition) is 1. The first kappa shape index (κ1) is 19.4. The average Bonchev–Trinajstić information content (AvgIpc) is 2.59. The van der Waals surface area contributed by atoms with Crippen LogP contribution in [0.25, 0.3) is 0 Å². The van der Waals surface area contributed by atoms with Crippen LogP contribution in [0, 0.1) is 0 Å². The van der Waals surface area contributed by atoms with Crippen LogP contribution >= 0.6 is 0 Å². The van der Waals surface area contributed by atoms with E-state index in [1.54, 1.807) is 38.4 Å². The molecular formula is C17H20N2O7. The lowest BCUT2D eigenvalue weighted by molar-refractivity contribution is -0.177. The molecule has 1 fully saturated rings. The van der Waals surface area contributed by atoms with Gasteiger partial charge in [0.05, 0.1) is 6.61 Å². The molecule has 1 N–H and O–H groups in total. The van der Waals surface area contributed by atoms with Crippen LogP contribution in [0.2, 0.25) is 0 Å². The minimum atomic E-state index is -1.72. The molecule has 1 heterocycles. The lowest BCUT2D eigenvalue weighted by atomic mass is 10.1. The zero-order chi connectivity index (χ0) is 19.4. The number of nitrogens with zero attached hydrogens (tertiary/aromatic N) is 2. The number of carbonyl (C=O) groups is 4. The van der Waals surface area contributed by atoms with Crippen LogP contribution in [0.15, 0.2) is 24.3 Å². The summed E-state index contributed by atoms with van der Waals surface area (Å²) in [5, 5.41) is 9.23. The van der Waals surface area contributed by atoms with E-state index in [9.17, 15) is 24.3 Å². The highest BCUT2D eigenvalue weighted by molar-refractivity contribution is 6.01. The molecule has 0 spiro atoms. The smallest absolute Gasteiger partial charge is 0.348 e. The number of rotatable bonds is 5. The summed E-state index contributed by atoms with van der Waals surface area (Å²) in [4.78, 5) is 49.8. The van der Waals surface area contributed by atoms with Crippen molar-refractivity contribution in [3.63, 3.8) is 0 Å². The van der Waals surface area contributed by atoms with Crippen LogP contribution in [0.4, 0.5) is 5.69 Å². The van der Waals surface area contributed by atoms with Crippen molar-refractivity contribution in [2.75, 3.05) is 32.1 Å². The average molecular weight is 364 g/mol. The molecule has 0 saturated carbocycles. The maximum Gasteiger partial charge on any atom is 0.348 e. The molecule has 0 radical (unpaired) electrons. The highest BCUT2D eigenvalue weighted by Crippen LogP contribution is 2.22. The molecule has 0 aliphatic carbocycles. The van der Waals surface area contributed by atoms with Gasteiger partial charge in [0.25, 0.3) is 11.8 Å². The zero-order valence-corrected chi connectivity index (χ0v) is 14.7. The number of aliphatic carboxylic acids is 1. The summed E-state index contributed by atoms with van der Waals surface area (Å²) in [7, 11) is 3.26. The summed E-state index contributed by atoms with van der Waals surface area (Å²) in [6.45, 7) is 1.35. The fourth-order valence-corrected chi connectivity index (χ4v) is 2.54. The Hall–Kier alpha value is -2.94. The van der Waals surface area contributed by atoms with Gasteiger partial charge in [0.2, 0.25) is 6.10 Å². The molecule has 1 saturated heterocycles. The van der Waals surface area contributed by atoms with Gasteiger partial charge in [0, 0.05) is 38.8 Å². The van der Waals surface area contributed by atoms with Crippen LogP contribution < -0.4 is 4.90 Å². The van der Waals surface area contributed by atoms with E-state index in [1.165, 1.54) is 9.80 Å². The van der Waals surface area contributed by atoms with Crippen LogP contribution in [0.1, 0.15) is 17.3 Å². The van der Waals surface area contributed by atoms with E-state index >= 15 is 0 Å². The summed E-state index contributed by atoms with van der Waals surface area (Å²) < 4.78 is 9.97. The van der Waals surface area contributed by atoms with Gasteiger partial charge in [-0.25, -0.2) is 4.79 Å². The first-order valence-corrected chi connectivity index (χ1v) is 7.87. The van der Waals surface area contributed by atoms with Gasteiger partial charge in [-0.15, -0.1) is 0 Å². The highest BCUT2D eigenvalue weighted by Gasteiger charge is 2.42. The van der Waals surface area contributed by atoms with Crippen molar-refractivity contribution in [3.05, 3.63) is 29.8 Å². The second-order valence-electron chi connectivity index (χ2n) is 5.90. The molecule has 9 nitrogen and oxygen atoms in total. The van der Waals surface area contributed by atoms with Gasteiger partial charge in [-0.2, -0.15) is 0 Å². The van der Waals surface area contributed by atoms with Crippen LogP contribution in [0.3, 0.4) is 0 Å². The number of anilines is 1. The minimum Gasteiger partial charge on any atom is -0.478 e. The van der Waals surface area contributed by atoms with Crippen molar-refractivity contribution in [2.45, 2.75) is 19.1 Å². The Labute approximate surface area is 150 Å². The standard InChI is InChI=1S/C17H20N2O7/c1-10(20)26-14(17(23)24)13-16(22)19(8-9-25-13)12-6-4-11(5-7-12)15(21)18(2)3/h4-7,13-14H,8-9H2,1-3H3,(H,23,24)/t13-,14-/m1/s1. The largest absolute Gasteiger partial charge is 0.478 e. The van der Waals surface area contributed by atoms with Crippen LogP contribution in [-0.4, -0.2) is 73.2 Å². The molecule has 1 aliphatic rings. The predicted molar refractivity (Wildman–Crippen MR) is 89.7 cm³/mol. The number of amides is 2. The summed E-state index contributed by atoms with van der Waals surface area (Å²) in [6, 6.07) is 6.35. The summed E-state index contributed by atoms with van der Waals surface area (Å²) in [5.74, 6) is -3.09. The van der Waals surface area contributed by atoms with E-state index in [0.29, 0.717) is 11.3 Å². The second kappa shape index (κ2) is 7.96. The molecular weight excluding hydrogens is 344 g/mol. The Morgan fingerprint density at radius 1 is 1.27 bits per heavy atom. The second-order valence-corrected chi connectivity index (χ2v) is 5.90. The molecule has 0 aromatic heterocycles. The minimum absolute atomic E-state index is 0.0832. The first-order valence-electron chi connectivity index (χ1n) is 7.87. The van der Waals surface area contributed by atoms with Crippen molar-refractivity contribution in [3.8, 4) is 0 Å². The maximum atomic E-state index is 12.7. The van der Waals surface area contributed by atoms with Gasteiger partial charge in [0.15, 0.2) is 6.10 Å². The van der Waals surface area contributed by atoms with E-state index in [-0.39, 0.29) is 19.1 Å². The molecule has 140 valence electrons. The number of hydrogen-bond acceptors (Lipinski definition) is 6. The third kappa shape index (κ3) is 4.17.